The number of hydrogen-bond acceptors (Lipinski definition) is 3. The maximum absolute atomic E-state index is 12.5. The Morgan fingerprint density at radius 1 is 0.923 bits per heavy atom. The van der Waals surface area contributed by atoms with E-state index in [0.29, 0.717) is 29.7 Å². The molecule has 0 aliphatic heterocycles. The molecule has 4 aliphatic carbocycles. The summed E-state index contributed by atoms with van der Waals surface area (Å²) in [6.07, 6.45) is 15.7. The average molecular weight is 566 g/mol. The first-order chi connectivity index (χ1) is 18.4. The second kappa shape index (κ2) is 12.6. The summed E-state index contributed by atoms with van der Waals surface area (Å²) >= 11 is 0. The summed E-state index contributed by atoms with van der Waals surface area (Å²) < 4.78 is 12.5. The lowest BCUT2D eigenvalue weighted by atomic mass is 9.44. The van der Waals surface area contributed by atoms with Crippen LogP contribution in [0.3, 0.4) is 0 Å². The van der Waals surface area contributed by atoms with Crippen LogP contribution in [0.5, 0.6) is 0 Å². The molecule has 0 saturated heterocycles. The molecular formula is C32H56NO5P. The topological polar surface area (TPSA) is 104 Å². The molecule has 0 aromatic heterocycles. The first-order valence-electron chi connectivity index (χ1n) is 16.1. The molecule has 39 heavy (non-hydrogen) atoms. The largest absolute Gasteiger partial charge is 0.481 e. The predicted molar refractivity (Wildman–Crippen MR) is 157 cm³/mol. The zero-order valence-electron chi connectivity index (χ0n) is 25.1. The second-order valence-corrected chi connectivity index (χ2v) is 17.3. The van der Waals surface area contributed by atoms with Crippen molar-refractivity contribution in [3.05, 3.63) is 0 Å². The molecule has 0 spiro atoms. The fraction of sp³-hybridized carbons (Fsp3) is 0.938. The maximum atomic E-state index is 12.5. The third kappa shape index (κ3) is 6.96. The lowest BCUT2D eigenvalue weighted by molar-refractivity contribution is -0.137. The van der Waals surface area contributed by atoms with Gasteiger partial charge in [-0.3, -0.25) is 14.2 Å². The highest BCUT2D eigenvalue weighted by atomic mass is 31.2. The van der Waals surface area contributed by atoms with Crippen LogP contribution >= 0.6 is 7.37 Å². The zero-order valence-corrected chi connectivity index (χ0v) is 26.0. The number of fused-ring (bicyclic) bond motifs is 5. The van der Waals surface area contributed by atoms with Crippen molar-refractivity contribution in [1.29, 1.82) is 0 Å². The summed E-state index contributed by atoms with van der Waals surface area (Å²) in [5, 5.41) is 11.8. The quantitative estimate of drug-likeness (QED) is 0.215. The first-order valence-corrected chi connectivity index (χ1v) is 18.2. The van der Waals surface area contributed by atoms with Gasteiger partial charge < -0.3 is 15.3 Å². The Morgan fingerprint density at radius 2 is 1.67 bits per heavy atom. The monoisotopic (exact) mass is 565 g/mol. The van der Waals surface area contributed by atoms with E-state index < -0.39 is 13.3 Å². The number of carboxylic acid groups (broad SMARTS) is 1. The Kier molecular flexibility index (Phi) is 10.0. The second-order valence-electron chi connectivity index (χ2n) is 14.8. The summed E-state index contributed by atoms with van der Waals surface area (Å²) in [6, 6.07) is 0. The van der Waals surface area contributed by atoms with Gasteiger partial charge in [-0.05, 0) is 116 Å². The van der Waals surface area contributed by atoms with Crippen LogP contribution in [0.15, 0.2) is 0 Å². The molecule has 4 saturated carbocycles. The van der Waals surface area contributed by atoms with Crippen molar-refractivity contribution >= 4 is 19.2 Å². The van der Waals surface area contributed by atoms with Crippen LogP contribution in [-0.2, 0) is 14.2 Å². The van der Waals surface area contributed by atoms with Crippen molar-refractivity contribution in [2.24, 2.45) is 52.3 Å². The fourth-order valence-corrected chi connectivity index (χ4v) is 12.2. The van der Waals surface area contributed by atoms with Gasteiger partial charge in [-0.2, -0.15) is 0 Å². The number of aliphatic carboxylic acids is 1. The number of nitrogens with one attached hydrogen (secondary N) is 1. The molecule has 1 amide bonds. The summed E-state index contributed by atoms with van der Waals surface area (Å²) in [7, 11) is -3.44. The number of rotatable bonds is 12. The summed E-state index contributed by atoms with van der Waals surface area (Å²) in [4.78, 5) is 33.5. The van der Waals surface area contributed by atoms with E-state index in [9.17, 15) is 19.0 Å². The van der Waals surface area contributed by atoms with Gasteiger partial charge in [0.1, 0.15) is 0 Å². The lowest BCUT2D eigenvalue weighted by Crippen LogP contribution is -2.53. The Hall–Kier alpha value is -0.870. The van der Waals surface area contributed by atoms with Crippen molar-refractivity contribution in [2.45, 2.75) is 118 Å². The van der Waals surface area contributed by atoms with Crippen molar-refractivity contribution in [1.82, 2.24) is 5.32 Å². The van der Waals surface area contributed by atoms with Crippen molar-refractivity contribution in [3.8, 4) is 0 Å². The SMILES string of the molecule is CC(CCC(=O)O)CP(=O)(O)CCC(=O)NCC[C@@H](C)C1CCC2C3CCC4CCCCC4(C)C3CCC21C. The van der Waals surface area contributed by atoms with E-state index in [2.05, 4.69) is 26.1 Å². The molecule has 10 atom stereocenters. The molecule has 4 rings (SSSR count). The standard InChI is InChI=1S/C32H56NO5P/c1-22(8-13-30(35)36)21-39(37,38)20-16-29(34)33-19-15-23(2)26-11-12-27-25-10-9-24-7-5-6-17-31(24,3)28(25)14-18-32(26,27)4/h22-28H,5-21H2,1-4H3,(H,33,34)(H,35,36)(H,37,38)/t22?,23-,24?,25?,26?,27?,28?,31?,32?/m1/s1. The molecular weight excluding hydrogens is 509 g/mol. The molecule has 7 heteroatoms. The van der Waals surface area contributed by atoms with E-state index in [-0.39, 0.29) is 37.0 Å². The third-order valence-electron chi connectivity index (χ3n) is 12.4. The normalized spacial score (nSPS) is 38.9. The van der Waals surface area contributed by atoms with Crippen LogP contribution < -0.4 is 5.32 Å². The number of carbonyl (C=O) groups is 2. The van der Waals surface area contributed by atoms with Gasteiger partial charge in [0.15, 0.2) is 0 Å². The smallest absolute Gasteiger partial charge is 0.303 e. The molecule has 4 aliphatic rings. The molecule has 9 unspecified atom stereocenters. The summed E-state index contributed by atoms with van der Waals surface area (Å²) in [6.45, 7) is 10.1. The molecule has 0 aromatic carbocycles. The summed E-state index contributed by atoms with van der Waals surface area (Å²) in [5.74, 6) is 3.80. The molecule has 0 heterocycles. The third-order valence-corrected chi connectivity index (χ3v) is 14.5. The van der Waals surface area contributed by atoms with E-state index in [0.717, 1.165) is 36.0 Å². The highest BCUT2D eigenvalue weighted by molar-refractivity contribution is 7.58. The summed E-state index contributed by atoms with van der Waals surface area (Å²) in [5.41, 5.74) is 1.02. The number of carboxylic acids is 1. The van der Waals surface area contributed by atoms with Gasteiger partial charge in [-0.15, -0.1) is 0 Å². The minimum atomic E-state index is -3.44. The molecule has 0 radical (unpaired) electrons. The van der Waals surface area contributed by atoms with E-state index >= 15 is 0 Å². The van der Waals surface area contributed by atoms with E-state index in [1.54, 1.807) is 6.92 Å². The van der Waals surface area contributed by atoms with Gasteiger partial charge in [-0.1, -0.05) is 40.5 Å². The van der Waals surface area contributed by atoms with Crippen molar-refractivity contribution in [3.63, 3.8) is 0 Å². The van der Waals surface area contributed by atoms with Gasteiger partial charge in [0, 0.05) is 31.7 Å². The fourth-order valence-electron chi connectivity index (χ4n) is 10.3. The number of amides is 1. The molecule has 224 valence electrons. The molecule has 3 N–H and O–H groups in total. The molecule has 6 nitrogen and oxygen atoms in total. The van der Waals surface area contributed by atoms with E-state index in [4.69, 9.17) is 5.11 Å². The van der Waals surface area contributed by atoms with Gasteiger partial charge in [0.05, 0.1) is 0 Å². The highest BCUT2D eigenvalue weighted by Crippen LogP contribution is 2.68. The average Bonchev–Trinajstić information content (AvgIpc) is 3.23. The molecule has 0 aromatic rings. The van der Waals surface area contributed by atoms with Gasteiger partial charge in [0.2, 0.25) is 13.3 Å². The Balaban J connectivity index is 1.22. The van der Waals surface area contributed by atoms with Crippen LogP contribution in [0, 0.1) is 52.3 Å². The number of carbonyl (C=O) groups excluding carboxylic acids is 1. The van der Waals surface area contributed by atoms with Gasteiger partial charge in [-0.25, -0.2) is 0 Å². The Bertz CT molecular complexity index is 924. The minimum absolute atomic E-state index is 0.00169. The van der Waals surface area contributed by atoms with Crippen LogP contribution in [0.25, 0.3) is 0 Å². The molecule has 4 fully saturated rings. The van der Waals surface area contributed by atoms with Crippen LogP contribution in [0.1, 0.15) is 118 Å². The van der Waals surface area contributed by atoms with Crippen LogP contribution in [0.2, 0.25) is 0 Å². The maximum Gasteiger partial charge on any atom is 0.303 e. The van der Waals surface area contributed by atoms with Gasteiger partial charge in [0.25, 0.3) is 0 Å². The van der Waals surface area contributed by atoms with Gasteiger partial charge >= 0.3 is 5.97 Å². The number of hydrogen-bond donors (Lipinski definition) is 3. The lowest BCUT2D eigenvalue weighted by Gasteiger charge is -2.61. The Labute approximate surface area is 237 Å². The molecule has 0 bridgehead atoms. The highest BCUT2D eigenvalue weighted by Gasteiger charge is 2.60. The Morgan fingerprint density at radius 3 is 2.41 bits per heavy atom. The van der Waals surface area contributed by atoms with Crippen molar-refractivity contribution in [2.75, 3.05) is 18.9 Å². The van der Waals surface area contributed by atoms with E-state index in [1.807, 2.05) is 0 Å². The first kappa shape index (κ1) is 31.1. The van der Waals surface area contributed by atoms with Crippen molar-refractivity contribution < 1.29 is 24.2 Å². The predicted octanol–water partition coefficient (Wildman–Crippen LogP) is 7.34. The van der Waals surface area contributed by atoms with Crippen LogP contribution in [0.4, 0.5) is 0 Å². The zero-order chi connectivity index (χ0) is 28.4. The van der Waals surface area contributed by atoms with Crippen LogP contribution in [-0.4, -0.2) is 40.7 Å². The van der Waals surface area contributed by atoms with E-state index in [1.165, 1.54) is 64.2 Å². The minimum Gasteiger partial charge on any atom is -0.481 e.